The van der Waals surface area contributed by atoms with Crippen LogP contribution in [0.2, 0.25) is 0 Å². The zero-order valence-electron chi connectivity index (χ0n) is 17.7. The minimum absolute atomic E-state index is 0.0211. The summed E-state index contributed by atoms with van der Waals surface area (Å²) in [6, 6.07) is 6.40. The summed E-state index contributed by atoms with van der Waals surface area (Å²) in [5.41, 5.74) is 0.338. The van der Waals surface area contributed by atoms with Crippen molar-refractivity contribution in [3.63, 3.8) is 0 Å². The molecule has 4 rings (SSSR count). The minimum atomic E-state index is -3.57. The lowest BCUT2D eigenvalue weighted by atomic mass is 9.98. The molecule has 2 aliphatic heterocycles. The quantitative estimate of drug-likeness (QED) is 0.688. The Morgan fingerprint density at radius 1 is 1.10 bits per heavy atom. The Bertz CT molecular complexity index is 1020. The predicted molar refractivity (Wildman–Crippen MR) is 112 cm³/mol. The fourth-order valence-corrected chi connectivity index (χ4v) is 5.42. The molecule has 2 saturated heterocycles. The summed E-state index contributed by atoms with van der Waals surface area (Å²) >= 11 is 0. The average molecular weight is 450 g/mol. The van der Waals surface area contributed by atoms with Gasteiger partial charge in [-0.15, -0.1) is 0 Å². The summed E-state index contributed by atoms with van der Waals surface area (Å²) in [7, 11) is -2.03. The first-order chi connectivity index (χ1) is 14.9. The van der Waals surface area contributed by atoms with Crippen molar-refractivity contribution in [1.29, 1.82) is 0 Å². The maximum atomic E-state index is 12.9. The number of rotatable bonds is 5. The standard InChI is InChI=1S/C21H27N3O6S/c1-15-19(21(25)23-11-13-29-14-12-23)22-20(30-15)16-7-9-24(10-8-16)31(26,27)18-5-3-17(28-2)4-6-18/h3-6,16H,7-14H2,1-2H3. The van der Waals surface area contributed by atoms with Gasteiger partial charge in [-0.3, -0.25) is 4.79 Å². The van der Waals surface area contributed by atoms with E-state index in [-0.39, 0.29) is 16.7 Å². The number of carbonyl (C=O) groups is 1. The topological polar surface area (TPSA) is 102 Å². The molecular formula is C21H27N3O6S. The van der Waals surface area contributed by atoms with Gasteiger partial charge in [0.05, 0.1) is 25.2 Å². The number of ether oxygens (including phenoxy) is 2. The Balaban J connectivity index is 1.42. The zero-order chi connectivity index (χ0) is 22.0. The van der Waals surface area contributed by atoms with Crippen LogP contribution in [0.15, 0.2) is 33.6 Å². The second kappa shape index (κ2) is 8.97. The van der Waals surface area contributed by atoms with Gasteiger partial charge in [0, 0.05) is 32.1 Å². The van der Waals surface area contributed by atoms with Crippen LogP contribution in [0.3, 0.4) is 0 Å². The lowest BCUT2D eigenvalue weighted by Gasteiger charge is -2.29. The number of hydrogen-bond donors (Lipinski definition) is 0. The molecule has 10 heteroatoms. The zero-order valence-corrected chi connectivity index (χ0v) is 18.6. The number of sulfonamides is 1. The molecule has 2 aliphatic rings. The molecule has 2 fully saturated rings. The summed E-state index contributed by atoms with van der Waals surface area (Å²) in [5, 5.41) is 0. The normalized spacial score (nSPS) is 18.8. The van der Waals surface area contributed by atoms with Gasteiger partial charge in [0.25, 0.3) is 5.91 Å². The number of aromatic nitrogens is 1. The number of aryl methyl sites for hydroxylation is 1. The monoisotopic (exact) mass is 449 g/mol. The van der Waals surface area contributed by atoms with Crippen molar-refractivity contribution >= 4 is 15.9 Å². The van der Waals surface area contributed by atoms with Crippen molar-refractivity contribution in [2.45, 2.75) is 30.6 Å². The predicted octanol–water partition coefficient (Wildman–Crippen LogP) is 2.03. The fraction of sp³-hybridized carbons (Fsp3) is 0.524. The highest BCUT2D eigenvalue weighted by Crippen LogP contribution is 2.32. The van der Waals surface area contributed by atoms with Gasteiger partial charge in [0.1, 0.15) is 11.5 Å². The Kier molecular flexibility index (Phi) is 6.31. The number of morpholine rings is 1. The van der Waals surface area contributed by atoms with Crippen LogP contribution in [0, 0.1) is 6.92 Å². The molecule has 0 saturated carbocycles. The van der Waals surface area contributed by atoms with Gasteiger partial charge in [0.2, 0.25) is 10.0 Å². The van der Waals surface area contributed by atoms with Gasteiger partial charge in [-0.25, -0.2) is 13.4 Å². The average Bonchev–Trinajstić information content (AvgIpc) is 3.20. The van der Waals surface area contributed by atoms with E-state index in [0.29, 0.717) is 75.3 Å². The Hall–Kier alpha value is -2.43. The van der Waals surface area contributed by atoms with Crippen LogP contribution in [0.25, 0.3) is 0 Å². The summed E-state index contributed by atoms with van der Waals surface area (Å²) in [5.74, 6) is 1.46. The van der Waals surface area contributed by atoms with Crippen molar-refractivity contribution in [3.8, 4) is 5.75 Å². The lowest BCUT2D eigenvalue weighted by molar-refractivity contribution is 0.0298. The van der Waals surface area contributed by atoms with E-state index < -0.39 is 10.0 Å². The molecule has 31 heavy (non-hydrogen) atoms. The van der Waals surface area contributed by atoms with Crippen molar-refractivity contribution in [2.75, 3.05) is 46.5 Å². The molecule has 1 aromatic carbocycles. The summed E-state index contributed by atoms with van der Waals surface area (Å²) < 4.78 is 43.6. The molecule has 0 atom stereocenters. The van der Waals surface area contributed by atoms with Crippen LogP contribution >= 0.6 is 0 Å². The molecule has 0 bridgehead atoms. The number of carbonyl (C=O) groups excluding carboxylic acids is 1. The molecule has 0 N–H and O–H groups in total. The minimum Gasteiger partial charge on any atom is -0.497 e. The Labute approximate surface area is 182 Å². The van der Waals surface area contributed by atoms with Crippen LogP contribution in [0.4, 0.5) is 0 Å². The summed E-state index contributed by atoms with van der Waals surface area (Å²) in [6.45, 7) is 4.62. The Morgan fingerprint density at radius 2 is 1.74 bits per heavy atom. The van der Waals surface area contributed by atoms with Crippen LogP contribution in [-0.2, 0) is 14.8 Å². The molecule has 2 aromatic rings. The van der Waals surface area contributed by atoms with Crippen molar-refractivity contribution in [3.05, 3.63) is 41.6 Å². The third-order valence-electron chi connectivity index (χ3n) is 5.81. The lowest BCUT2D eigenvalue weighted by Crippen LogP contribution is -2.41. The van der Waals surface area contributed by atoms with Gasteiger partial charge in [-0.05, 0) is 44.0 Å². The van der Waals surface area contributed by atoms with Gasteiger partial charge in [-0.1, -0.05) is 0 Å². The highest BCUT2D eigenvalue weighted by Gasteiger charge is 2.33. The largest absolute Gasteiger partial charge is 0.497 e. The maximum absolute atomic E-state index is 12.9. The number of benzene rings is 1. The molecule has 1 aromatic heterocycles. The van der Waals surface area contributed by atoms with Crippen LogP contribution in [0.5, 0.6) is 5.75 Å². The van der Waals surface area contributed by atoms with Crippen molar-refractivity contribution in [1.82, 2.24) is 14.2 Å². The molecule has 168 valence electrons. The van der Waals surface area contributed by atoms with Crippen LogP contribution in [-0.4, -0.2) is 75.0 Å². The fourth-order valence-electron chi connectivity index (χ4n) is 3.95. The highest BCUT2D eigenvalue weighted by atomic mass is 32.2. The van der Waals surface area contributed by atoms with Crippen molar-refractivity contribution in [2.24, 2.45) is 0 Å². The van der Waals surface area contributed by atoms with Gasteiger partial charge < -0.3 is 18.8 Å². The highest BCUT2D eigenvalue weighted by molar-refractivity contribution is 7.89. The molecule has 3 heterocycles. The molecular weight excluding hydrogens is 422 g/mol. The molecule has 0 unspecified atom stereocenters. The molecule has 0 aliphatic carbocycles. The van der Waals surface area contributed by atoms with Crippen LogP contribution < -0.4 is 4.74 Å². The van der Waals surface area contributed by atoms with E-state index in [2.05, 4.69) is 4.98 Å². The Morgan fingerprint density at radius 3 is 2.35 bits per heavy atom. The van der Waals surface area contributed by atoms with E-state index in [9.17, 15) is 13.2 Å². The van der Waals surface area contributed by atoms with Gasteiger partial charge >= 0.3 is 0 Å². The first-order valence-corrected chi connectivity index (χ1v) is 11.8. The number of nitrogens with zero attached hydrogens (tertiary/aromatic N) is 3. The third kappa shape index (κ3) is 4.46. The van der Waals surface area contributed by atoms with Gasteiger partial charge in [0.15, 0.2) is 11.6 Å². The molecule has 0 spiro atoms. The third-order valence-corrected chi connectivity index (χ3v) is 7.73. The van der Waals surface area contributed by atoms with E-state index in [4.69, 9.17) is 13.9 Å². The number of amides is 1. The second-order valence-corrected chi connectivity index (χ2v) is 9.65. The van der Waals surface area contributed by atoms with Gasteiger partial charge in [-0.2, -0.15) is 4.31 Å². The smallest absolute Gasteiger partial charge is 0.276 e. The first-order valence-electron chi connectivity index (χ1n) is 10.4. The summed E-state index contributed by atoms with van der Waals surface area (Å²) in [4.78, 5) is 19.2. The van der Waals surface area contributed by atoms with E-state index in [0.717, 1.165) is 0 Å². The van der Waals surface area contributed by atoms with E-state index in [1.807, 2.05) is 0 Å². The number of oxazole rings is 1. The maximum Gasteiger partial charge on any atom is 0.276 e. The molecule has 0 radical (unpaired) electrons. The first kappa shape index (κ1) is 21.8. The van der Waals surface area contributed by atoms with Crippen LogP contribution in [0.1, 0.15) is 40.9 Å². The number of piperidine rings is 1. The number of methoxy groups -OCH3 is 1. The van der Waals surface area contributed by atoms with Crippen molar-refractivity contribution < 1.29 is 27.1 Å². The summed E-state index contributed by atoms with van der Waals surface area (Å²) in [6.07, 6.45) is 1.17. The second-order valence-electron chi connectivity index (χ2n) is 7.72. The SMILES string of the molecule is COc1ccc(S(=O)(=O)N2CCC(c3nc(C(=O)N4CCOCC4)c(C)o3)CC2)cc1. The molecule has 1 amide bonds. The van der Waals surface area contributed by atoms with E-state index in [1.165, 1.54) is 4.31 Å². The van der Waals surface area contributed by atoms with E-state index in [1.54, 1.807) is 43.2 Å². The van der Waals surface area contributed by atoms with E-state index >= 15 is 0 Å². The molecule has 9 nitrogen and oxygen atoms in total. The number of hydrogen-bond acceptors (Lipinski definition) is 7.